The van der Waals surface area contributed by atoms with Gasteiger partial charge in [-0.3, -0.25) is 14.9 Å². The molecule has 0 atom stereocenters. The van der Waals surface area contributed by atoms with Crippen molar-refractivity contribution in [1.29, 1.82) is 5.26 Å². The SMILES string of the molecule is Cn1cc(C2=C(c3cn(C)c4cc(-n5ccnc5)ccc34)C(=O)NC2=O)c2ccc(C#N)cc21. The normalized spacial score (nSPS) is 13.8. The Hall–Kier alpha value is -4.90. The molecule has 0 aliphatic carbocycles. The largest absolute Gasteiger partial charge is 0.350 e. The van der Waals surface area contributed by atoms with Crippen LogP contribution in [0.3, 0.4) is 0 Å². The molecule has 0 saturated heterocycles. The van der Waals surface area contributed by atoms with Gasteiger partial charge in [-0.25, -0.2) is 4.98 Å². The second-order valence-corrected chi connectivity index (χ2v) is 8.36. The van der Waals surface area contributed by atoms with Gasteiger partial charge >= 0.3 is 0 Å². The van der Waals surface area contributed by atoms with E-state index in [-0.39, 0.29) is 0 Å². The number of carbonyl (C=O) groups is 2. The molecule has 0 spiro atoms. The minimum atomic E-state index is -0.427. The van der Waals surface area contributed by atoms with E-state index in [1.165, 1.54) is 0 Å². The minimum absolute atomic E-state index is 0.339. The zero-order chi connectivity index (χ0) is 23.6. The van der Waals surface area contributed by atoms with E-state index >= 15 is 0 Å². The molecular formula is C26H18N6O2. The fourth-order valence-corrected chi connectivity index (χ4v) is 4.77. The lowest BCUT2D eigenvalue weighted by molar-refractivity contribution is -0.122. The number of rotatable bonds is 3. The molecule has 0 fully saturated rings. The number of hydrogen-bond donors (Lipinski definition) is 1. The predicted molar refractivity (Wildman–Crippen MR) is 128 cm³/mol. The van der Waals surface area contributed by atoms with Crippen LogP contribution in [0.4, 0.5) is 0 Å². The number of aromatic nitrogens is 4. The third-order valence-corrected chi connectivity index (χ3v) is 6.37. The molecule has 1 N–H and O–H groups in total. The van der Waals surface area contributed by atoms with Crippen molar-refractivity contribution in [3.63, 3.8) is 0 Å². The Labute approximate surface area is 194 Å². The Morgan fingerprint density at radius 2 is 1.50 bits per heavy atom. The molecule has 4 heterocycles. The third kappa shape index (κ3) is 2.74. The average molecular weight is 446 g/mol. The van der Waals surface area contributed by atoms with Crippen LogP contribution in [0.5, 0.6) is 0 Å². The second kappa shape index (κ2) is 7.05. The molecule has 5 aromatic rings. The summed E-state index contributed by atoms with van der Waals surface area (Å²) in [6.45, 7) is 0. The number of carbonyl (C=O) groups excluding carboxylic acids is 2. The number of imidazole rings is 1. The number of nitriles is 1. The van der Waals surface area contributed by atoms with Gasteiger partial charge in [0, 0.05) is 72.0 Å². The van der Waals surface area contributed by atoms with E-state index in [1.807, 2.05) is 70.7 Å². The maximum Gasteiger partial charge on any atom is 0.259 e. The summed E-state index contributed by atoms with van der Waals surface area (Å²) >= 11 is 0. The molecule has 6 rings (SSSR count). The molecule has 8 nitrogen and oxygen atoms in total. The topological polar surface area (TPSA) is 97.6 Å². The van der Waals surface area contributed by atoms with Gasteiger partial charge in [0.2, 0.25) is 0 Å². The van der Waals surface area contributed by atoms with Crippen LogP contribution < -0.4 is 5.32 Å². The molecule has 2 amide bonds. The maximum atomic E-state index is 13.1. The van der Waals surface area contributed by atoms with Crippen LogP contribution in [0.15, 0.2) is 67.5 Å². The van der Waals surface area contributed by atoms with Crippen LogP contribution in [0.25, 0.3) is 38.6 Å². The van der Waals surface area contributed by atoms with Crippen molar-refractivity contribution in [3.8, 4) is 11.8 Å². The van der Waals surface area contributed by atoms with Gasteiger partial charge in [-0.05, 0) is 24.3 Å². The Morgan fingerprint density at radius 1 is 0.882 bits per heavy atom. The van der Waals surface area contributed by atoms with Gasteiger partial charge in [0.05, 0.1) is 34.6 Å². The summed E-state index contributed by atoms with van der Waals surface area (Å²) in [5.74, 6) is -0.847. The molecule has 0 unspecified atom stereocenters. The summed E-state index contributed by atoms with van der Waals surface area (Å²) in [6, 6.07) is 13.4. The van der Waals surface area contributed by atoms with Crippen LogP contribution >= 0.6 is 0 Å². The van der Waals surface area contributed by atoms with Crippen LogP contribution in [-0.2, 0) is 23.7 Å². The number of amides is 2. The minimum Gasteiger partial charge on any atom is -0.350 e. The van der Waals surface area contributed by atoms with Crippen LogP contribution in [0, 0.1) is 11.3 Å². The highest BCUT2D eigenvalue weighted by molar-refractivity contribution is 6.50. The first kappa shape index (κ1) is 19.8. The van der Waals surface area contributed by atoms with Crippen molar-refractivity contribution in [2.45, 2.75) is 0 Å². The standard InChI is InChI=1S/C26H18N6O2/c1-30-12-19(17-5-3-15(11-27)9-21(17)30)23-24(26(34)29-25(23)33)20-13-31(2)22-10-16(4-6-18(20)22)32-8-7-28-14-32/h3-10,12-14H,1-2H3,(H,29,33,34). The summed E-state index contributed by atoms with van der Waals surface area (Å²) in [6.07, 6.45) is 9.03. The number of aryl methyl sites for hydroxylation is 2. The van der Waals surface area contributed by atoms with Crippen LogP contribution in [-0.4, -0.2) is 30.5 Å². The van der Waals surface area contributed by atoms with Crippen molar-refractivity contribution in [2.75, 3.05) is 0 Å². The fraction of sp³-hybridized carbons (Fsp3) is 0.0769. The van der Waals surface area contributed by atoms with E-state index in [9.17, 15) is 14.9 Å². The molecule has 3 aromatic heterocycles. The molecule has 1 aliphatic heterocycles. The molecule has 34 heavy (non-hydrogen) atoms. The van der Waals surface area contributed by atoms with E-state index in [0.29, 0.717) is 27.8 Å². The third-order valence-electron chi connectivity index (χ3n) is 6.37. The first-order valence-corrected chi connectivity index (χ1v) is 10.6. The fourth-order valence-electron chi connectivity index (χ4n) is 4.77. The van der Waals surface area contributed by atoms with Gasteiger partial charge in [-0.2, -0.15) is 5.26 Å². The smallest absolute Gasteiger partial charge is 0.259 e. The molecule has 1 aliphatic rings. The summed E-state index contributed by atoms with van der Waals surface area (Å²) in [4.78, 5) is 30.2. The number of nitrogens with one attached hydrogen (secondary N) is 1. The van der Waals surface area contributed by atoms with Crippen LogP contribution in [0.2, 0.25) is 0 Å². The van der Waals surface area contributed by atoms with Crippen molar-refractivity contribution in [2.24, 2.45) is 14.1 Å². The van der Waals surface area contributed by atoms with Crippen LogP contribution in [0.1, 0.15) is 16.7 Å². The maximum absolute atomic E-state index is 13.1. The van der Waals surface area contributed by atoms with Gasteiger partial charge in [0.1, 0.15) is 0 Å². The lowest BCUT2D eigenvalue weighted by atomic mass is 9.95. The van der Waals surface area contributed by atoms with Crippen molar-refractivity contribution in [1.82, 2.24) is 24.0 Å². The molecule has 0 saturated carbocycles. The van der Waals surface area contributed by atoms with E-state index in [2.05, 4.69) is 16.4 Å². The second-order valence-electron chi connectivity index (χ2n) is 8.36. The lowest BCUT2D eigenvalue weighted by Gasteiger charge is -2.05. The lowest BCUT2D eigenvalue weighted by Crippen LogP contribution is -2.22. The Morgan fingerprint density at radius 3 is 2.09 bits per heavy atom. The van der Waals surface area contributed by atoms with E-state index in [4.69, 9.17) is 0 Å². The first-order valence-electron chi connectivity index (χ1n) is 10.6. The summed E-state index contributed by atoms with van der Waals surface area (Å²) in [7, 11) is 3.78. The van der Waals surface area contributed by atoms with Gasteiger partial charge in [-0.15, -0.1) is 0 Å². The van der Waals surface area contributed by atoms with Gasteiger partial charge < -0.3 is 13.7 Å². The van der Waals surface area contributed by atoms with Gasteiger partial charge in [0.25, 0.3) is 11.8 Å². The van der Waals surface area contributed by atoms with E-state index in [0.717, 1.165) is 27.5 Å². The number of fused-ring (bicyclic) bond motifs is 2. The quantitative estimate of drug-likeness (QED) is 0.430. The van der Waals surface area contributed by atoms with Gasteiger partial charge in [0.15, 0.2) is 0 Å². The number of imide groups is 1. The summed E-state index contributed by atoms with van der Waals surface area (Å²) < 4.78 is 5.73. The Bertz CT molecular complexity index is 1740. The highest BCUT2D eigenvalue weighted by Gasteiger charge is 2.35. The van der Waals surface area contributed by atoms with E-state index < -0.39 is 11.8 Å². The Balaban J connectivity index is 1.61. The number of hydrogen-bond acceptors (Lipinski definition) is 4. The molecule has 2 aromatic carbocycles. The highest BCUT2D eigenvalue weighted by Crippen LogP contribution is 2.39. The molecule has 8 heteroatoms. The molecule has 164 valence electrons. The highest BCUT2D eigenvalue weighted by atomic mass is 16.2. The number of benzene rings is 2. The molecule has 0 radical (unpaired) electrons. The predicted octanol–water partition coefficient (Wildman–Crippen LogP) is 3.29. The Kier molecular flexibility index (Phi) is 4.10. The van der Waals surface area contributed by atoms with Crippen molar-refractivity contribution < 1.29 is 9.59 Å². The first-order chi connectivity index (χ1) is 16.5. The zero-order valence-electron chi connectivity index (χ0n) is 18.4. The average Bonchev–Trinajstić information content (AvgIpc) is 3.60. The number of nitrogens with zero attached hydrogens (tertiary/aromatic N) is 5. The molecular weight excluding hydrogens is 428 g/mol. The zero-order valence-corrected chi connectivity index (χ0v) is 18.4. The molecule has 0 bridgehead atoms. The van der Waals surface area contributed by atoms with Crippen molar-refractivity contribution in [3.05, 3.63) is 84.2 Å². The summed E-state index contributed by atoms with van der Waals surface area (Å²) in [5, 5.41) is 13.4. The van der Waals surface area contributed by atoms with E-state index in [1.54, 1.807) is 24.7 Å². The van der Waals surface area contributed by atoms with Crippen molar-refractivity contribution >= 4 is 44.8 Å². The van der Waals surface area contributed by atoms with Gasteiger partial charge in [-0.1, -0.05) is 12.1 Å². The monoisotopic (exact) mass is 446 g/mol. The summed E-state index contributed by atoms with van der Waals surface area (Å²) in [5.41, 5.74) is 5.26.